The molecular formula is C18H36Cl2Ti. The summed E-state index contributed by atoms with van der Waals surface area (Å²) in [5.41, 5.74) is 1.16. The topological polar surface area (TPSA) is 0 Å². The van der Waals surface area contributed by atoms with Gasteiger partial charge in [-0.05, 0) is 48.3 Å². The molecule has 0 aromatic heterocycles. The second kappa shape index (κ2) is 11.0. The maximum absolute atomic E-state index is 4.89. The average molecular weight is 371 g/mol. The van der Waals surface area contributed by atoms with Crippen molar-refractivity contribution in [2.75, 3.05) is 0 Å². The molecule has 0 radical (unpaired) electrons. The van der Waals surface area contributed by atoms with Gasteiger partial charge in [-0.1, -0.05) is 67.2 Å². The zero-order chi connectivity index (χ0) is 16.5. The van der Waals surface area contributed by atoms with E-state index in [1.807, 2.05) is 0 Å². The van der Waals surface area contributed by atoms with Crippen molar-refractivity contribution >= 4 is 18.6 Å². The Balaban J connectivity index is 0.000000322. The number of halogens is 2. The Morgan fingerprint density at radius 1 is 0.619 bits per heavy atom. The molecule has 3 heteroatoms. The van der Waals surface area contributed by atoms with Crippen LogP contribution >= 0.6 is 18.6 Å². The SMILES string of the molecule is CC(C)(C)C1CCCC1.CC(C)(C)C1CCCC1.[Cl][Ti][Cl]. The van der Waals surface area contributed by atoms with Gasteiger partial charge < -0.3 is 0 Å². The van der Waals surface area contributed by atoms with Gasteiger partial charge in [0.15, 0.2) is 0 Å². The molecule has 0 amide bonds. The minimum absolute atomic E-state index is 0.556. The standard InChI is InChI=1S/2C9H18.2ClH.Ti/c2*1-9(2,3)8-6-4-5-7-8;;;/h2*8H,4-7H2,1-3H3;2*1H;/q;;;;+2/p-2. The summed E-state index contributed by atoms with van der Waals surface area (Å²) in [6.07, 6.45) is 11.8. The quantitative estimate of drug-likeness (QED) is 0.381. The van der Waals surface area contributed by atoms with Crippen LogP contribution in [0.25, 0.3) is 0 Å². The fraction of sp³-hybridized carbons (Fsp3) is 1.00. The van der Waals surface area contributed by atoms with Crippen molar-refractivity contribution < 1.29 is 17.0 Å². The fourth-order valence-electron chi connectivity index (χ4n) is 3.58. The van der Waals surface area contributed by atoms with Crippen LogP contribution in [0.4, 0.5) is 0 Å². The molecule has 21 heavy (non-hydrogen) atoms. The molecule has 0 spiro atoms. The van der Waals surface area contributed by atoms with Gasteiger partial charge in [0, 0.05) is 0 Å². The van der Waals surface area contributed by atoms with Crippen LogP contribution in [0.3, 0.4) is 0 Å². The van der Waals surface area contributed by atoms with E-state index in [4.69, 9.17) is 18.6 Å². The number of rotatable bonds is 0. The van der Waals surface area contributed by atoms with Crippen molar-refractivity contribution in [3.63, 3.8) is 0 Å². The van der Waals surface area contributed by atoms with E-state index in [0.717, 1.165) is 11.8 Å². The molecule has 0 saturated heterocycles. The molecular weight excluding hydrogens is 335 g/mol. The van der Waals surface area contributed by atoms with Crippen molar-refractivity contribution in [2.45, 2.75) is 92.9 Å². The van der Waals surface area contributed by atoms with E-state index in [9.17, 15) is 0 Å². The normalized spacial score (nSPS) is 20.4. The van der Waals surface area contributed by atoms with Crippen molar-refractivity contribution in [3.8, 4) is 0 Å². The molecule has 0 bridgehead atoms. The predicted molar refractivity (Wildman–Crippen MR) is 94.5 cm³/mol. The van der Waals surface area contributed by atoms with Gasteiger partial charge in [-0.3, -0.25) is 0 Å². The second-order valence-corrected chi connectivity index (χ2v) is 11.3. The molecule has 2 aliphatic carbocycles. The molecule has 0 aromatic carbocycles. The van der Waals surface area contributed by atoms with E-state index in [1.54, 1.807) is 0 Å². The monoisotopic (exact) mass is 370 g/mol. The van der Waals surface area contributed by atoms with E-state index in [0.29, 0.717) is 10.8 Å². The summed E-state index contributed by atoms with van der Waals surface area (Å²) in [7, 11) is 9.78. The van der Waals surface area contributed by atoms with E-state index in [2.05, 4.69) is 41.5 Å². The van der Waals surface area contributed by atoms with Crippen LogP contribution < -0.4 is 0 Å². The van der Waals surface area contributed by atoms with Crippen LogP contribution in [0.15, 0.2) is 0 Å². The second-order valence-electron chi connectivity index (χ2n) is 8.77. The summed E-state index contributed by atoms with van der Waals surface area (Å²) >= 11 is -0.556. The third-order valence-corrected chi connectivity index (χ3v) is 5.16. The van der Waals surface area contributed by atoms with Gasteiger partial charge in [-0.2, -0.15) is 0 Å². The molecule has 0 N–H and O–H groups in total. The van der Waals surface area contributed by atoms with Gasteiger partial charge in [0.25, 0.3) is 0 Å². The van der Waals surface area contributed by atoms with E-state index < -0.39 is 17.0 Å². The van der Waals surface area contributed by atoms with Crippen LogP contribution in [-0.2, 0) is 17.0 Å². The zero-order valence-corrected chi connectivity index (χ0v) is 18.1. The van der Waals surface area contributed by atoms with Crippen molar-refractivity contribution in [3.05, 3.63) is 0 Å². The summed E-state index contributed by atoms with van der Waals surface area (Å²) in [5, 5.41) is 0. The summed E-state index contributed by atoms with van der Waals surface area (Å²) in [6.45, 7) is 14.2. The first-order valence-corrected chi connectivity index (χ1v) is 12.9. The first kappa shape index (κ1) is 22.3. The van der Waals surface area contributed by atoms with Gasteiger partial charge in [-0.25, -0.2) is 0 Å². The molecule has 0 heterocycles. The predicted octanol–water partition coefficient (Wildman–Crippen LogP) is 7.82. The molecule has 2 aliphatic rings. The van der Waals surface area contributed by atoms with Gasteiger partial charge in [0.1, 0.15) is 0 Å². The molecule has 2 rings (SSSR count). The Kier molecular flexibility index (Phi) is 11.6. The maximum atomic E-state index is 4.89. The molecule has 0 aromatic rings. The fourth-order valence-corrected chi connectivity index (χ4v) is 3.58. The van der Waals surface area contributed by atoms with Crippen LogP contribution in [-0.4, -0.2) is 0 Å². The van der Waals surface area contributed by atoms with Gasteiger partial charge in [0.05, 0.1) is 0 Å². The summed E-state index contributed by atoms with van der Waals surface area (Å²) < 4.78 is 0. The number of hydrogen-bond donors (Lipinski definition) is 0. The van der Waals surface area contributed by atoms with E-state index in [1.165, 1.54) is 51.4 Å². The molecule has 0 atom stereocenters. The first-order valence-electron chi connectivity index (χ1n) is 8.59. The Morgan fingerprint density at radius 3 is 0.905 bits per heavy atom. The Hall–Kier alpha value is 1.29. The molecule has 0 unspecified atom stereocenters. The summed E-state index contributed by atoms with van der Waals surface area (Å²) in [5.74, 6) is 2.02. The first-order chi connectivity index (χ1) is 9.62. The molecule has 2 fully saturated rings. The summed E-state index contributed by atoms with van der Waals surface area (Å²) in [6, 6.07) is 0. The van der Waals surface area contributed by atoms with Gasteiger partial charge in [-0.15, -0.1) is 0 Å². The van der Waals surface area contributed by atoms with Crippen molar-refractivity contribution in [1.29, 1.82) is 0 Å². The Bertz CT molecular complexity index is 215. The van der Waals surface area contributed by atoms with Gasteiger partial charge in [0.2, 0.25) is 0 Å². The average Bonchev–Trinajstić information content (AvgIpc) is 3.03. The van der Waals surface area contributed by atoms with Crippen molar-refractivity contribution in [1.82, 2.24) is 0 Å². The van der Waals surface area contributed by atoms with Crippen LogP contribution in [0.2, 0.25) is 0 Å². The molecule has 0 aliphatic heterocycles. The minimum atomic E-state index is -0.556. The Labute approximate surface area is 150 Å². The van der Waals surface area contributed by atoms with Crippen molar-refractivity contribution in [2.24, 2.45) is 22.7 Å². The Morgan fingerprint density at radius 2 is 0.810 bits per heavy atom. The van der Waals surface area contributed by atoms with Crippen LogP contribution in [0, 0.1) is 22.7 Å². The number of hydrogen-bond acceptors (Lipinski definition) is 0. The van der Waals surface area contributed by atoms with Crippen LogP contribution in [0.1, 0.15) is 92.9 Å². The van der Waals surface area contributed by atoms with E-state index in [-0.39, 0.29) is 0 Å². The zero-order valence-electron chi connectivity index (χ0n) is 15.1. The third-order valence-electron chi connectivity index (χ3n) is 5.16. The molecule has 0 nitrogen and oxygen atoms in total. The molecule has 126 valence electrons. The van der Waals surface area contributed by atoms with Crippen LogP contribution in [0.5, 0.6) is 0 Å². The third kappa shape index (κ3) is 10.6. The van der Waals surface area contributed by atoms with E-state index >= 15 is 0 Å². The molecule has 2 saturated carbocycles. The van der Waals surface area contributed by atoms with Gasteiger partial charge >= 0.3 is 35.6 Å². The summed E-state index contributed by atoms with van der Waals surface area (Å²) in [4.78, 5) is 0.